The lowest BCUT2D eigenvalue weighted by molar-refractivity contribution is 0.0902. The maximum atomic E-state index is 13.4. The number of nitrogens with zero attached hydrogens (tertiary/aromatic N) is 3. The second-order valence-corrected chi connectivity index (χ2v) is 7.20. The van der Waals surface area contributed by atoms with Gasteiger partial charge in [-0.05, 0) is 45.1 Å². The molecule has 1 unspecified atom stereocenters. The normalized spacial score (nSPS) is 23.4. The van der Waals surface area contributed by atoms with E-state index in [1.54, 1.807) is 0 Å². The summed E-state index contributed by atoms with van der Waals surface area (Å²) in [6.07, 6.45) is 7.23. The maximum absolute atomic E-state index is 13.4. The molecule has 0 aliphatic heterocycles. The number of amides is 1. The molecule has 0 aromatic carbocycles. The zero-order valence-electron chi connectivity index (χ0n) is 14.0. The van der Waals surface area contributed by atoms with E-state index in [0.29, 0.717) is 5.69 Å². The van der Waals surface area contributed by atoms with Crippen LogP contribution in [-0.4, -0.2) is 26.0 Å². The van der Waals surface area contributed by atoms with Crippen molar-refractivity contribution in [2.24, 2.45) is 0 Å². The van der Waals surface area contributed by atoms with Crippen molar-refractivity contribution in [3.8, 4) is 0 Å². The van der Waals surface area contributed by atoms with E-state index < -0.39 is 6.43 Å². The van der Waals surface area contributed by atoms with Crippen LogP contribution < -0.4 is 5.32 Å². The van der Waals surface area contributed by atoms with E-state index in [1.165, 1.54) is 12.3 Å². The van der Waals surface area contributed by atoms with Crippen LogP contribution >= 0.6 is 0 Å². The smallest absolute Gasteiger partial charge is 0.280 e. The van der Waals surface area contributed by atoms with Gasteiger partial charge in [-0.2, -0.15) is 5.10 Å². The zero-order chi connectivity index (χ0) is 17.6. The minimum absolute atomic E-state index is 0.210. The van der Waals surface area contributed by atoms with Crippen molar-refractivity contribution < 1.29 is 13.6 Å². The predicted molar refractivity (Wildman–Crippen MR) is 88.8 cm³/mol. The lowest BCUT2D eigenvalue weighted by Crippen LogP contribution is -2.46. The monoisotopic (exact) mass is 346 g/mol. The highest BCUT2D eigenvalue weighted by atomic mass is 19.3. The summed E-state index contributed by atoms with van der Waals surface area (Å²) in [4.78, 5) is 17.2. The van der Waals surface area contributed by atoms with Crippen molar-refractivity contribution in [3.05, 3.63) is 41.4 Å². The molecular weight excluding hydrogens is 326 g/mol. The lowest BCUT2D eigenvalue weighted by atomic mass is 9.87. The minimum atomic E-state index is -2.67. The lowest BCUT2D eigenvalue weighted by Gasteiger charge is -2.31. The Bertz CT molecular complexity index is 856. The van der Waals surface area contributed by atoms with Crippen LogP contribution in [-0.2, 0) is 0 Å². The third-order valence-electron chi connectivity index (χ3n) is 5.00. The molecule has 4 rings (SSSR count). The van der Waals surface area contributed by atoms with Gasteiger partial charge < -0.3 is 5.32 Å². The highest BCUT2D eigenvalue weighted by Gasteiger charge is 2.31. The minimum Gasteiger partial charge on any atom is -0.346 e. The van der Waals surface area contributed by atoms with Crippen molar-refractivity contribution in [2.45, 2.75) is 56.9 Å². The highest BCUT2D eigenvalue weighted by molar-refractivity contribution is 6.00. The van der Waals surface area contributed by atoms with E-state index in [2.05, 4.69) is 27.6 Å². The Hall–Kier alpha value is -2.31. The number of halogens is 2. The molecule has 2 heterocycles. The molecule has 1 atom stereocenters. The van der Waals surface area contributed by atoms with Gasteiger partial charge in [-0.1, -0.05) is 12.2 Å². The van der Waals surface area contributed by atoms with Gasteiger partial charge in [0.1, 0.15) is 11.3 Å². The van der Waals surface area contributed by atoms with Crippen LogP contribution in [0.3, 0.4) is 0 Å². The van der Waals surface area contributed by atoms with Gasteiger partial charge in [0, 0.05) is 17.2 Å². The third-order valence-corrected chi connectivity index (χ3v) is 5.00. The van der Waals surface area contributed by atoms with Gasteiger partial charge in [0.05, 0.1) is 6.20 Å². The molecule has 7 heteroatoms. The summed E-state index contributed by atoms with van der Waals surface area (Å²) in [6, 6.07) is 1.41. The SMILES string of the molecule is CC1(NC(=O)c2cnn3c(C(F)F)cc(C4CC4)nc23)CC=CCC1. The average Bonchev–Trinajstić information content (AvgIpc) is 3.33. The van der Waals surface area contributed by atoms with Gasteiger partial charge in [0.2, 0.25) is 0 Å². The van der Waals surface area contributed by atoms with Crippen molar-refractivity contribution in [3.63, 3.8) is 0 Å². The number of carbonyl (C=O) groups excluding carboxylic acids is 1. The molecule has 2 aromatic heterocycles. The van der Waals surface area contributed by atoms with Crippen LogP contribution in [0.5, 0.6) is 0 Å². The van der Waals surface area contributed by atoms with Gasteiger partial charge in [0.15, 0.2) is 5.65 Å². The molecule has 2 aliphatic rings. The molecule has 2 aliphatic carbocycles. The number of nitrogens with one attached hydrogen (secondary N) is 1. The molecular formula is C18H20F2N4O. The summed E-state index contributed by atoms with van der Waals surface area (Å²) in [5.41, 5.74) is 0.550. The molecule has 1 amide bonds. The summed E-state index contributed by atoms with van der Waals surface area (Å²) in [5, 5.41) is 7.03. The Labute approximate surface area is 144 Å². The largest absolute Gasteiger partial charge is 0.346 e. The van der Waals surface area contributed by atoms with E-state index in [1.807, 2.05) is 6.92 Å². The van der Waals surface area contributed by atoms with Gasteiger partial charge in [-0.3, -0.25) is 4.79 Å². The van der Waals surface area contributed by atoms with Crippen LogP contribution in [0, 0.1) is 0 Å². The van der Waals surface area contributed by atoms with Crippen molar-refractivity contribution in [2.75, 3.05) is 0 Å². The number of hydrogen-bond acceptors (Lipinski definition) is 3. The summed E-state index contributed by atoms with van der Waals surface area (Å²) in [7, 11) is 0. The standard InChI is InChI=1S/C18H20F2N4O/c1-18(7-3-2-4-8-18)23-17(25)12-10-21-24-14(15(19)20)9-13(11-5-6-11)22-16(12)24/h2-3,9-11,15H,4-8H2,1H3,(H,23,25). The first kappa shape index (κ1) is 16.2. The fourth-order valence-electron chi connectivity index (χ4n) is 3.33. The molecule has 1 N–H and O–H groups in total. The summed E-state index contributed by atoms with van der Waals surface area (Å²) >= 11 is 0. The first-order valence-electron chi connectivity index (χ1n) is 8.61. The second kappa shape index (κ2) is 5.89. The number of hydrogen-bond donors (Lipinski definition) is 1. The molecule has 25 heavy (non-hydrogen) atoms. The van der Waals surface area contributed by atoms with E-state index in [0.717, 1.165) is 36.6 Å². The molecule has 0 spiro atoms. The Kier molecular flexibility index (Phi) is 3.81. The van der Waals surface area contributed by atoms with Crippen LogP contribution in [0.4, 0.5) is 8.78 Å². The Morgan fingerprint density at radius 2 is 2.20 bits per heavy atom. The van der Waals surface area contributed by atoms with Crippen LogP contribution in [0.15, 0.2) is 24.4 Å². The van der Waals surface area contributed by atoms with Gasteiger partial charge in [-0.15, -0.1) is 0 Å². The fraction of sp³-hybridized carbons (Fsp3) is 0.500. The fourth-order valence-corrected chi connectivity index (χ4v) is 3.33. The number of allylic oxidation sites excluding steroid dienone is 1. The first-order valence-corrected chi connectivity index (χ1v) is 8.61. The topological polar surface area (TPSA) is 59.3 Å². The summed E-state index contributed by atoms with van der Waals surface area (Å²) in [5.74, 6) is -0.0947. The molecule has 0 saturated heterocycles. The van der Waals surface area contributed by atoms with Crippen LogP contribution in [0.1, 0.15) is 73.1 Å². The highest BCUT2D eigenvalue weighted by Crippen LogP contribution is 2.40. The zero-order valence-corrected chi connectivity index (χ0v) is 14.0. The number of aromatic nitrogens is 3. The average molecular weight is 346 g/mol. The van der Waals surface area contributed by atoms with Gasteiger partial charge >= 0.3 is 0 Å². The van der Waals surface area contributed by atoms with E-state index in [9.17, 15) is 13.6 Å². The van der Waals surface area contributed by atoms with E-state index in [-0.39, 0.29) is 34.3 Å². The molecule has 5 nitrogen and oxygen atoms in total. The number of rotatable bonds is 4. The van der Waals surface area contributed by atoms with Crippen LogP contribution in [0.2, 0.25) is 0 Å². The first-order chi connectivity index (χ1) is 12.0. The molecule has 1 fully saturated rings. The second-order valence-electron chi connectivity index (χ2n) is 7.20. The Morgan fingerprint density at radius 1 is 1.40 bits per heavy atom. The van der Waals surface area contributed by atoms with Crippen molar-refractivity contribution in [1.82, 2.24) is 19.9 Å². The Morgan fingerprint density at radius 3 is 2.84 bits per heavy atom. The molecule has 132 valence electrons. The van der Waals surface area contributed by atoms with Crippen LogP contribution in [0.25, 0.3) is 5.65 Å². The number of fused-ring (bicyclic) bond motifs is 1. The van der Waals surface area contributed by atoms with Crippen molar-refractivity contribution >= 4 is 11.6 Å². The number of alkyl halides is 2. The van der Waals surface area contributed by atoms with Gasteiger partial charge in [-0.25, -0.2) is 18.3 Å². The molecule has 0 radical (unpaired) electrons. The molecule has 2 aromatic rings. The quantitative estimate of drug-likeness (QED) is 0.857. The Balaban J connectivity index is 1.72. The molecule has 0 bridgehead atoms. The van der Waals surface area contributed by atoms with Gasteiger partial charge in [0.25, 0.3) is 12.3 Å². The maximum Gasteiger partial charge on any atom is 0.280 e. The van der Waals surface area contributed by atoms with Crippen molar-refractivity contribution in [1.29, 1.82) is 0 Å². The summed E-state index contributed by atoms with van der Waals surface area (Å²) in [6.45, 7) is 1.99. The van der Waals surface area contributed by atoms with E-state index >= 15 is 0 Å². The third kappa shape index (κ3) is 3.03. The number of carbonyl (C=O) groups is 1. The van der Waals surface area contributed by atoms with E-state index in [4.69, 9.17) is 0 Å². The summed E-state index contributed by atoms with van der Waals surface area (Å²) < 4.78 is 27.9. The molecule has 1 saturated carbocycles. The predicted octanol–water partition coefficient (Wildman–Crippen LogP) is 3.77.